The number of hydrogen-bond donors (Lipinski definition) is 2. The molecule has 4 saturated carbocycles. The first-order chi connectivity index (χ1) is 23.9. The molecule has 2 unspecified atom stereocenters. The molecular formula is C45H57NO5. The molecule has 0 aliphatic heterocycles. The lowest BCUT2D eigenvalue weighted by Gasteiger charge is -2.72. The van der Waals surface area contributed by atoms with E-state index in [9.17, 15) is 19.5 Å². The number of benzene rings is 2. The van der Waals surface area contributed by atoms with Gasteiger partial charge in [-0.3, -0.25) is 9.59 Å². The van der Waals surface area contributed by atoms with E-state index < -0.39 is 11.4 Å². The molecule has 272 valence electrons. The Labute approximate surface area is 302 Å². The summed E-state index contributed by atoms with van der Waals surface area (Å²) in [4.78, 5) is 43.3. The number of aromatic amines is 1. The zero-order valence-corrected chi connectivity index (χ0v) is 31.9. The topological polar surface area (TPSA) is 96.5 Å². The third kappa shape index (κ3) is 4.62. The molecule has 3 aromatic rings. The summed E-state index contributed by atoms with van der Waals surface area (Å²) in [6.45, 7) is 19.2. The standard InChI is InChI=1S/C45H57NO5/c1-26-24-30-31-25-42(5,39(49)50)21-20-41(31,4)22-23-44(30,7)45(8)19-16-33-40(2,3)34(17-18-43(33,6)37(26)45)51-38(48)29-14-11-13-28-35(29)46-32-15-10-9-12-27(32)36(28)47/h9-15,24,26,31,33-34,37H,16-23,25H2,1-8H3,(H,46,47)(H,49,50)/t26?,31-,33-,34?,37+,41+,42+,43-,44+,45+/m0/s1. The minimum Gasteiger partial charge on any atom is -0.481 e. The van der Waals surface area contributed by atoms with Gasteiger partial charge in [0.15, 0.2) is 5.43 Å². The lowest BCUT2D eigenvalue weighted by Crippen LogP contribution is -2.66. The highest BCUT2D eigenvalue weighted by atomic mass is 16.5. The van der Waals surface area contributed by atoms with E-state index in [1.54, 1.807) is 23.8 Å². The fraction of sp³-hybridized carbons (Fsp3) is 0.622. The smallest absolute Gasteiger partial charge is 0.340 e. The number of pyridine rings is 1. The Hall–Kier alpha value is -3.41. The molecule has 10 atom stereocenters. The third-order valence-electron chi connectivity index (χ3n) is 16.7. The van der Waals surface area contributed by atoms with Crippen LogP contribution >= 0.6 is 0 Å². The predicted molar refractivity (Wildman–Crippen MR) is 202 cm³/mol. The predicted octanol–water partition coefficient (Wildman–Crippen LogP) is 10.3. The maximum atomic E-state index is 14.1. The van der Waals surface area contributed by atoms with Crippen molar-refractivity contribution in [2.45, 2.75) is 119 Å². The van der Waals surface area contributed by atoms with Gasteiger partial charge in [-0.2, -0.15) is 0 Å². The summed E-state index contributed by atoms with van der Waals surface area (Å²) in [5, 5.41) is 11.4. The van der Waals surface area contributed by atoms with Crippen LogP contribution in [-0.4, -0.2) is 28.1 Å². The summed E-state index contributed by atoms with van der Waals surface area (Å²) in [6, 6.07) is 12.8. The molecule has 0 spiro atoms. The van der Waals surface area contributed by atoms with E-state index in [2.05, 4.69) is 59.5 Å². The molecule has 1 heterocycles. The molecule has 1 aromatic heterocycles. The maximum absolute atomic E-state index is 14.1. The van der Waals surface area contributed by atoms with E-state index in [4.69, 9.17) is 4.74 Å². The van der Waals surface area contributed by atoms with Crippen LogP contribution in [0.4, 0.5) is 0 Å². The van der Waals surface area contributed by atoms with Gasteiger partial charge in [-0.1, -0.05) is 78.3 Å². The summed E-state index contributed by atoms with van der Waals surface area (Å²) in [5.74, 6) is 0.537. The molecule has 0 radical (unpaired) electrons. The minimum atomic E-state index is -0.664. The molecular weight excluding hydrogens is 634 g/mol. The van der Waals surface area contributed by atoms with Gasteiger partial charge in [0.1, 0.15) is 6.10 Å². The number of carbonyl (C=O) groups excluding carboxylic acids is 1. The number of rotatable bonds is 3. The van der Waals surface area contributed by atoms with Crippen molar-refractivity contribution >= 4 is 33.7 Å². The summed E-state index contributed by atoms with van der Waals surface area (Å²) < 4.78 is 6.53. The molecule has 4 fully saturated rings. The monoisotopic (exact) mass is 691 g/mol. The van der Waals surface area contributed by atoms with Gasteiger partial charge >= 0.3 is 11.9 Å². The number of aliphatic carboxylic acids is 1. The van der Waals surface area contributed by atoms with Crippen LogP contribution in [0.3, 0.4) is 0 Å². The second kappa shape index (κ2) is 11.1. The molecule has 2 aromatic carbocycles. The van der Waals surface area contributed by atoms with Crippen LogP contribution in [0.1, 0.15) is 124 Å². The van der Waals surface area contributed by atoms with Gasteiger partial charge in [-0.15, -0.1) is 0 Å². The number of para-hydroxylation sites is 2. The van der Waals surface area contributed by atoms with E-state index in [1.165, 1.54) is 6.42 Å². The second-order valence-corrected chi connectivity index (χ2v) is 19.6. The Morgan fingerprint density at radius 3 is 2.29 bits per heavy atom. The number of carboxylic acid groups (broad SMARTS) is 1. The van der Waals surface area contributed by atoms with Crippen molar-refractivity contribution in [3.63, 3.8) is 0 Å². The Morgan fingerprint density at radius 2 is 1.55 bits per heavy atom. The maximum Gasteiger partial charge on any atom is 0.340 e. The van der Waals surface area contributed by atoms with Crippen LogP contribution in [0.15, 0.2) is 58.9 Å². The van der Waals surface area contributed by atoms with Gasteiger partial charge in [0.2, 0.25) is 0 Å². The molecule has 8 rings (SSSR count). The van der Waals surface area contributed by atoms with Crippen LogP contribution < -0.4 is 5.43 Å². The average Bonchev–Trinajstić information content (AvgIpc) is 3.07. The molecule has 6 nitrogen and oxygen atoms in total. The lowest BCUT2D eigenvalue weighted by atomic mass is 9.32. The number of hydrogen-bond acceptors (Lipinski definition) is 4. The van der Waals surface area contributed by atoms with Gasteiger partial charge in [-0.25, -0.2) is 4.79 Å². The summed E-state index contributed by atoms with van der Waals surface area (Å²) >= 11 is 0. The minimum absolute atomic E-state index is 0.0298. The van der Waals surface area contributed by atoms with Crippen molar-refractivity contribution in [3.05, 3.63) is 69.9 Å². The highest BCUT2D eigenvalue weighted by Gasteiger charge is 2.69. The van der Waals surface area contributed by atoms with Crippen molar-refractivity contribution in [2.75, 3.05) is 0 Å². The Bertz CT molecular complexity index is 2060. The van der Waals surface area contributed by atoms with Gasteiger partial charge in [-0.05, 0) is 134 Å². The second-order valence-electron chi connectivity index (χ2n) is 19.6. The van der Waals surface area contributed by atoms with Gasteiger partial charge in [0.05, 0.1) is 16.5 Å². The van der Waals surface area contributed by atoms with Gasteiger partial charge in [0.25, 0.3) is 0 Å². The molecule has 6 heteroatoms. The number of ether oxygens (including phenoxy) is 1. The number of aromatic nitrogens is 1. The Kier molecular flexibility index (Phi) is 7.51. The first-order valence-electron chi connectivity index (χ1n) is 19.6. The van der Waals surface area contributed by atoms with E-state index in [1.807, 2.05) is 31.2 Å². The number of carbonyl (C=O) groups is 2. The molecule has 0 amide bonds. The fourth-order valence-corrected chi connectivity index (χ4v) is 13.7. The number of H-pyrrole nitrogens is 1. The molecule has 0 saturated heterocycles. The SMILES string of the molecule is CC1C=C2[C@@H]3C[C@](C)(C(=O)O)CC[C@]3(C)CC[C@@]2(C)[C@]2(C)CC[C@H]3C(C)(C)C(OC(=O)c4cccc5c(=O)c6ccccc6[nH]c45)CC[C@]3(C)[C@@H]12. The first kappa shape index (κ1) is 34.7. The fourth-order valence-electron chi connectivity index (χ4n) is 13.7. The van der Waals surface area contributed by atoms with Crippen molar-refractivity contribution in [2.24, 2.45) is 56.2 Å². The van der Waals surface area contributed by atoms with Crippen LogP contribution in [0, 0.1) is 56.2 Å². The van der Waals surface area contributed by atoms with Crippen LogP contribution in [0.25, 0.3) is 21.8 Å². The average molecular weight is 692 g/mol. The number of carboxylic acids is 1. The van der Waals surface area contributed by atoms with Crippen molar-refractivity contribution < 1.29 is 19.4 Å². The summed E-state index contributed by atoms with van der Waals surface area (Å²) in [7, 11) is 0. The Morgan fingerprint density at radius 1 is 0.843 bits per heavy atom. The zero-order chi connectivity index (χ0) is 36.5. The largest absolute Gasteiger partial charge is 0.481 e. The first-order valence-corrected chi connectivity index (χ1v) is 19.6. The van der Waals surface area contributed by atoms with Crippen LogP contribution in [0.2, 0.25) is 0 Å². The van der Waals surface area contributed by atoms with E-state index >= 15 is 0 Å². The highest BCUT2D eigenvalue weighted by molar-refractivity contribution is 6.05. The zero-order valence-electron chi connectivity index (χ0n) is 31.9. The Balaban J connectivity index is 1.11. The quantitative estimate of drug-likeness (QED) is 0.162. The highest BCUT2D eigenvalue weighted by Crippen LogP contribution is 2.76. The van der Waals surface area contributed by atoms with Gasteiger partial charge < -0.3 is 14.8 Å². The number of fused-ring (bicyclic) bond motifs is 9. The third-order valence-corrected chi connectivity index (χ3v) is 16.7. The molecule has 0 bridgehead atoms. The van der Waals surface area contributed by atoms with Crippen molar-refractivity contribution in [1.82, 2.24) is 4.98 Å². The number of allylic oxidation sites excluding steroid dienone is 2. The van der Waals surface area contributed by atoms with E-state index in [-0.39, 0.29) is 44.6 Å². The van der Waals surface area contributed by atoms with Crippen LogP contribution in [0.5, 0.6) is 0 Å². The van der Waals surface area contributed by atoms with Crippen molar-refractivity contribution in [1.29, 1.82) is 0 Å². The number of esters is 1. The molecule has 51 heavy (non-hydrogen) atoms. The van der Waals surface area contributed by atoms with Crippen molar-refractivity contribution in [3.8, 4) is 0 Å². The van der Waals surface area contributed by atoms with Gasteiger partial charge in [0, 0.05) is 21.7 Å². The molecule has 5 aliphatic carbocycles. The number of nitrogens with one attached hydrogen (secondary N) is 1. The molecule has 2 N–H and O–H groups in total. The summed E-state index contributed by atoms with van der Waals surface area (Å²) in [6.07, 6.45) is 11.2. The normalized spacial score (nSPS) is 41.4. The molecule has 5 aliphatic rings. The summed E-state index contributed by atoms with van der Waals surface area (Å²) in [5.41, 5.74) is 2.60. The van der Waals surface area contributed by atoms with E-state index in [0.29, 0.717) is 51.0 Å². The van der Waals surface area contributed by atoms with Crippen LogP contribution in [-0.2, 0) is 9.53 Å². The lowest BCUT2D eigenvalue weighted by molar-refractivity contribution is -0.214. The van der Waals surface area contributed by atoms with E-state index in [0.717, 1.165) is 51.4 Å².